The summed E-state index contributed by atoms with van der Waals surface area (Å²) in [5.74, 6) is 1.78. The second-order valence-electron chi connectivity index (χ2n) is 15.6. The first-order valence-electron chi connectivity index (χ1n) is 20.5. The number of para-hydroxylation sites is 5. The van der Waals surface area contributed by atoms with E-state index >= 15 is 0 Å². The number of aryl methyl sites for hydroxylation is 3. The van der Waals surface area contributed by atoms with Crippen molar-refractivity contribution in [3.8, 4) is 56.6 Å². The number of hydrogen-bond donors (Lipinski definition) is 2. The normalized spacial score (nSPS) is 11.6. The van der Waals surface area contributed by atoms with Crippen LogP contribution < -0.4 is 9.47 Å². The maximum Gasteiger partial charge on any atom is 0.147 e. The van der Waals surface area contributed by atoms with Gasteiger partial charge in [-0.25, -0.2) is 0 Å². The molecular formula is C54H44N2O4. The number of benzene rings is 8. The molecule has 0 aliphatic heterocycles. The number of aromatic hydroxyl groups is 2. The summed E-state index contributed by atoms with van der Waals surface area (Å²) in [5, 5.41) is 28.7. The third-order valence-electron chi connectivity index (χ3n) is 11.6. The van der Waals surface area contributed by atoms with E-state index in [0.717, 1.165) is 88.4 Å². The van der Waals surface area contributed by atoms with Crippen LogP contribution in [0.5, 0.6) is 23.0 Å². The Kier molecular flexibility index (Phi) is 9.25. The van der Waals surface area contributed by atoms with Gasteiger partial charge in [0.1, 0.15) is 23.0 Å². The number of fused-ring (bicyclic) bond motifs is 6. The Hall–Kier alpha value is -7.44. The van der Waals surface area contributed by atoms with Crippen molar-refractivity contribution in [3.05, 3.63) is 180 Å². The number of ether oxygens (including phenoxy) is 2. The number of aromatic nitrogens is 2. The summed E-state index contributed by atoms with van der Waals surface area (Å²) in [7, 11) is 0. The first-order valence-corrected chi connectivity index (χ1v) is 20.5. The van der Waals surface area contributed by atoms with Crippen molar-refractivity contribution in [2.45, 2.75) is 27.2 Å². The lowest BCUT2D eigenvalue weighted by molar-refractivity contribution is 0.248. The predicted molar refractivity (Wildman–Crippen MR) is 246 cm³/mol. The van der Waals surface area contributed by atoms with Gasteiger partial charge in [-0.2, -0.15) is 0 Å². The maximum atomic E-state index is 12.1. The lowest BCUT2D eigenvalue weighted by Crippen LogP contribution is -2.07. The van der Waals surface area contributed by atoms with E-state index < -0.39 is 0 Å². The molecule has 294 valence electrons. The summed E-state index contributed by atoms with van der Waals surface area (Å²) in [6, 6.07) is 55.3. The summed E-state index contributed by atoms with van der Waals surface area (Å²) >= 11 is 0. The van der Waals surface area contributed by atoms with Crippen molar-refractivity contribution in [1.29, 1.82) is 0 Å². The fourth-order valence-electron chi connectivity index (χ4n) is 8.96. The second kappa shape index (κ2) is 15.1. The van der Waals surface area contributed by atoms with Crippen LogP contribution in [-0.4, -0.2) is 32.6 Å². The first-order chi connectivity index (χ1) is 29.4. The Morgan fingerprint density at radius 1 is 0.417 bits per heavy atom. The molecule has 60 heavy (non-hydrogen) atoms. The van der Waals surface area contributed by atoms with E-state index in [-0.39, 0.29) is 11.5 Å². The Labute approximate surface area is 348 Å². The monoisotopic (exact) mass is 784 g/mol. The van der Waals surface area contributed by atoms with Gasteiger partial charge >= 0.3 is 0 Å². The van der Waals surface area contributed by atoms with Gasteiger partial charge in [-0.1, -0.05) is 103 Å². The zero-order valence-corrected chi connectivity index (χ0v) is 33.8. The lowest BCUT2D eigenvalue weighted by atomic mass is 9.96. The average molecular weight is 785 g/mol. The zero-order valence-electron chi connectivity index (χ0n) is 33.8. The summed E-state index contributed by atoms with van der Waals surface area (Å²) in [6.07, 6.45) is 0.612. The van der Waals surface area contributed by atoms with Crippen molar-refractivity contribution in [3.63, 3.8) is 0 Å². The Morgan fingerprint density at radius 3 is 1.37 bits per heavy atom. The van der Waals surface area contributed by atoms with Gasteiger partial charge in [-0.05, 0) is 98.1 Å². The summed E-state index contributed by atoms with van der Waals surface area (Å²) < 4.78 is 17.3. The van der Waals surface area contributed by atoms with Crippen molar-refractivity contribution < 1.29 is 19.7 Å². The van der Waals surface area contributed by atoms with Crippen LogP contribution in [0, 0.1) is 20.8 Å². The highest BCUT2D eigenvalue weighted by Gasteiger charge is 2.22. The van der Waals surface area contributed by atoms with E-state index in [4.69, 9.17) is 9.47 Å². The molecule has 0 aliphatic rings. The van der Waals surface area contributed by atoms with Crippen molar-refractivity contribution >= 4 is 43.6 Å². The minimum Gasteiger partial charge on any atom is -0.505 e. The van der Waals surface area contributed by atoms with Crippen LogP contribution in [0.25, 0.3) is 77.2 Å². The SMILES string of the molecule is Cc1cc(-c2ccccc2OCCCOc2cccc(C)c2-c2cc(C)cc(-n3c4ccccc4c4ccccc43)c2O)c(O)c(-n2c3ccccc3c3ccccc32)c1. The van der Waals surface area contributed by atoms with Crippen molar-refractivity contribution in [1.82, 2.24) is 9.13 Å². The molecule has 0 unspecified atom stereocenters. The minimum absolute atomic E-state index is 0.194. The topological polar surface area (TPSA) is 68.8 Å². The third kappa shape index (κ3) is 6.20. The van der Waals surface area contributed by atoms with Crippen LogP contribution in [-0.2, 0) is 0 Å². The molecule has 0 radical (unpaired) electrons. The Bertz CT molecular complexity index is 3160. The van der Waals surface area contributed by atoms with E-state index in [9.17, 15) is 10.2 Å². The van der Waals surface area contributed by atoms with Crippen LogP contribution in [0.3, 0.4) is 0 Å². The fraction of sp³-hybridized carbons (Fsp3) is 0.111. The van der Waals surface area contributed by atoms with Crippen LogP contribution in [0.2, 0.25) is 0 Å². The maximum absolute atomic E-state index is 12.1. The largest absolute Gasteiger partial charge is 0.505 e. The van der Waals surface area contributed by atoms with E-state index in [1.54, 1.807) is 0 Å². The molecule has 0 spiro atoms. The number of rotatable bonds is 10. The van der Waals surface area contributed by atoms with Crippen LogP contribution in [0.4, 0.5) is 0 Å². The van der Waals surface area contributed by atoms with Crippen LogP contribution in [0.15, 0.2) is 164 Å². The number of phenolic OH excluding ortho intramolecular Hbond substituents is 2. The van der Waals surface area contributed by atoms with Gasteiger partial charge in [0.15, 0.2) is 0 Å². The molecule has 0 saturated heterocycles. The van der Waals surface area contributed by atoms with Crippen molar-refractivity contribution in [2.75, 3.05) is 13.2 Å². The number of hydrogen-bond acceptors (Lipinski definition) is 4. The molecule has 0 amide bonds. The van der Waals surface area contributed by atoms with Gasteiger partial charge in [0.2, 0.25) is 0 Å². The molecule has 0 aliphatic carbocycles. The summed E-state index contributed by atoms with van der Waals surface area (Å²) in [4.78, 5) is 0. The third-order valence-corrected chi connectivity index (χ3v) is 11.6. The second-order valence-corrected chi connectivity index (χ2v) is 15.6. The summed E-state index contributed by atoms with van der Waals surface area (Å²) in [6.45, 7) is 6.98. The Morgan fingerprint density at radius 2 is 0.833 bits per heavy atom. The van der Waals surface area contributed by atoms with Crippen molar-refractivity contribution in [2.24, 2.45) is 0 Å². The van der Waals surface area contributed by atoms with E-state index in [1.165, 1.54) is 0 Å². The molecule has 0 fully saturated rings. The molecule has 8 aromatic carbocycles. The molecule has 0 saturated carbocycles. The highest BCUT2D eigenvalue weighted by molar-refractivity contribution is 6.10. The molecule has 2 N–H and O–H groups in total. The molecule has 6 nitrogen and oxygen atoms in total. The van der Waals surface area contributed by atoms with Gasteiger partial charge < -0.3 is 28.8 Å². The molecule has 0 bridgehead atoms. The molecule has 2 aromatic heterocycles. The van der Waals surface area contributed by atoms with Gasteiger partial charge in [-0.15, -0.1) is 0 Å². The minimum atomic E-state index is 0.194. The Balaban J connectivity index is 0.916. The molecule has 0 atom stereocenters. The highest BCUT2D eigenvalue weighted by Crippen LogP contribution is 2.45. The van der Waals surface area contributed by atoms with Crippen LogP contribution in [0.1, 0.15) is 23.1 Å². The average Bonchev–Trinajstić information content (AvgIpc) is 3.78. The molecule has 10 rings (SSSR count). The molecule has 6 heteroatoms. The van der Waals surface area contributed by atoms with Crippen LogP contribution >= 0.6 is 0 Å². The van der Waals surface area contributed by atoms with Gasteiger partial charge in [0, 0.05) is 50.2 Å². The van der Waals surface area contributed by atoms with Gasteiger partial charge in [0.25, 0.3) is 0 Å². The van der Waals surface area contributed by atoms with Gasteiger partial charge in [-0.3, -0.25) is 0 Å². The highest BCUT2D eigenvalue weighted by atomic mass is 16.5. The summed E-state index contributed by atoms with van der Waals surface area (Å²) in [5.41, 5.74) is 11.8. The molecule has 10 aromatic rings. The zero-order chi connectivity index (χ0) is 40.9. The first kappa shape index (κ1) is 36.9. The van der Waals surface area contributed by atoms with E-state index in [2.05, 4.69) is 109 Å². The van der Waals surface area contributed by atoms with E-state index in [0.29, 0.717) is 36.7 Å². The lowest BCUT2D eigenvalue weighted by Gasteiger charge is -2.19. The van der Waals surface area contributed by atoms with E-state index in [1.807, 2.05) is 84.9 Å². The number of phenols is 2. The fourth-order valence-corrected chi connectivity index (χ4v) is 8.96. The quantitative estimate of drug-likeness (QED) is 0.136. The smallest absolute Gasteiger partial charge is 0.147 e. The van der Waals surface area contributed by atoms with Gasteiger partial charge in [0.05, 0.1) is 46.7 Å². The predicted octanol–water partition coefficient (Wildman–Crippen LogP) is 13.4. The standard InChI is InChI=1S/C54H44N2O4/c1-34-30-42(53(57)48(32-34)55-44-22-9-4-17-37(44)38-18-5-10-23-45(38)55)41-21-8-13-26-50(41)59-28-15-29-60-51-27-14-16-36(3)52(51)43-31-35(2)33-49(54(43)58)56-46-24-11-6-19-39(46)40-20-7-12-25-47(40)56/h4-14,16-27,30-33,57-58H,15,28-29H2,1-3H3. The molecule has 2 heterocycles. The molecular weight excluding hydrogens is 741 g/mol. The number of nitrogens with zero attached hydrogens (tertiary/aromatic N) is 2.